The number of carbonyl (C=O) groups excluding carboxylic acids is 2. The molecule has 164 valence electrons. The molecular weight excluding hydrogens is 476 g/mol. The molecule has 2 aromatic heterocycles. The maximum atomic E-state index is 13.0. The number of ether oxygens (including phenoxy) is 2. The van der Waals surface area contributed by atoms with Crippen molar-refractivity contribution in [3.63, 3.8) is 0 Å². The third kappa shape index (κ3) is 4.02. The van der Waals surface area contributed by atoms with Crippen LogP contribution in [0.25, 0.3) is 0 Å². The van der Waals surface area contributed by atoms with Gasteiger partial charge in [0.2, 0.25) is 20.0 Å². The van der Waals surface area contributed by atoms with Crippen LogP contribution in [0, 0.1) is 0 Å². The Morgan fingerprint density at radius 3 is 1.40 bits per heavy atom. The van der Waals surface area contributed by atoms with Gasteiger partial charge in [-0.05, 0) is 22.9 Å². The second-order valence-electron chi connectivity index (χ2n) is 6.02. The van der Waals surface area contributed by atoms with Crippen LogP contribution in [0.15, 0.2) is 32.7 Å². The smallest absolute Gasteiger partial charge is 0.349 e. The lowest BCUT2D eigenvalue weighted by Gasteiger charge is -2.33. The zero-order chi connectivity index (χ0) is 22.1. The highest BCUT2D eigenvalue weighted by Crippen LogP contribution is 2.29. The summed E-state index contributed by atoms with van der Waals surface area (Å²) in [5, 5.41) is 2.95. The van der Waals surface area contributed by atoms with Gasteiger partial charge < -0.3 is 9.47 Å². The molecule has 0 N–H and O–H groups in total. The monoisotopic (exact) mass is 494 g/mol. The number of methoxy groups -OCH3 is 2. The highest BCUT2D eigenvalue weighted by Gasteiger charge is 2.37. The number of nitrogens with zero attached hydrogens (tertiary/aromatic N) is 2. The Morgan fingerprint density at radius 1 is 0.767 bits per heavy atom. The molecule has 3 heterocycles. The van der Waals surface area contributed by atoms with E-state index >= 15 is 0 Å². The van der Waals surface area contributed by atoms with Crippen LogP contribution in [0.4, 0.5) is 0 Å². The minimum Gasteiger partial charge on any atom is -0.465 e. The SMILES string of the molecule is COC(=O)c1sccc1S(=O)(=O)N1CCN(S(=O)(=O)c2ccsc2C(=O)OC)CC1. The summed E-state index contributed by atoms with van der Waals surface area (Å²) in [4.78, 5) is 23.3. The van der Waals surface area contributed by atoms with E-state index in [1.807, 2.05) is 0 Å². The van der Waals surface area contributed by atoms with Crippen molar-refractivity contribution in [2.75, 3.05) is 40.4 Å². The summed E-state index contributed by atoms with van der Waals surface area (Å²) in [5.41, 5.74) is 0. The molecule has 0 unspecified atom stereocenters. The fraction of sp³-hybridized carbons (Fsp3) is 0.375. The number of hydrogen-bond donors (Lipinski definition) is 0. The van der Waals surface area contributed by atoms with E-state index in [1.165, 1.54) is 22.9 Å². The molecule has 2 aromatic rings. The van der Waals surface area contributed by atoms with Crippen molar-refractivity contribution in [3.8, 4) is 0 Å². The summed E-state index contributed by atoms with van der Waals surface area (Å²) < 4.78 is 63.3. The van der Waals surface area contributed by atoms with Crippen LogP contribution in [0.2, 0.25) is 0 Å². The van der Waals surface area contributed by atoms with E-state index < -0.39 is 32.0 Å². The first-order valence-electron chi connectivity index (χ1n) is 8.46. The van der Waals surface area contributed by atoms with Crippen LogP contribution in [-0.4, -0.2) is 77.8 Å². The Balaban J connectivity index is 1.80. The molecule has 0 radical (unpaired) electrons. The van der Waals surface area contributed by atoms with Gasteiger partial charge in [-0.25, -0.2) is 26.4 Å². The number of thiophene rings is 2. The lowest BCUT2D eigenvalue weighted by Crippen LogP contribution is -2.50. The summed E-state index contributed by atoms with van der Waals surface area (Å²) in [6.07, 6.45) is 0. The molecule has 0 atom stereocenters. The van der Waals surface area contributed by atoms with Crippen molar-refractivity contribution in [2.24, 2.45) is 0 Å². The first-order valence-corrected chi connectivity index (χ1v) is 13.1. The second kappa shape index (κ2) is 8.72. The summed E-state index contributed by atoms with van der Waals surface area (Å²) in [5.74, 6) is -1.50. The van der Waals surface area contributed by atoms with Crippen molar-refractivity contribution >= 4 is 54.7 Å². The van der Waals surface area contributed by atoms with E-state index in [0.717, 1.165) is 45.5 Å². The normalized spacial score (nSPS) is 16.3. The summed E-state index contributed by atoms with van der Waals surface area (Å²) >= 11 is 1.91. The summed E-state index contributed by atoms with van der Waals surface area (Å²) in [6.45, 7) is -0.406. The highest BCUT2D eigenvalue weighted by molar-refractivity contribution is 7.90. The van der Waals surface area contributed by atoms with Gasteiger partial charge in [-0.3, -0.25) is 0 Å². The Hall–Kier alpha value is -1.84. The van der Waals surface area contributed by atoms with Crippen molar-refractivity contribution in [1.82, 2.24) is 8.61 Å². The number of hydrogen-bond acceptors (Lipinski definition) is 10. The number of rotatable bonds is 6. The molecule has 3 rings (SSSR count). The van der Waals surface area contributed by atoms with Crippen molar-refractivity contribution in [3.05, 3.63) is 32.6 Å². The van der Waals surface area contributed by atoms with E-state index in [-0.39, 0.29) is 45.7 Å². The lowest BCUT2D eigenvalue weighted by molar-refractivity contribution is 0.0593. The van der Waals surface area contributed by atoms with E-state index in [0.29, 0.717) is 0 Å². The third-order valence-corrected chi connectivity index (χ3v) is 10.4. The number of piperazine rings is 1. The maximum absolute atomic E-state index is 13.0. The Bertz CT molecular complexity index is 1070. The first-order chi connectivity index (χ1) is 14.1. The number of esters is 2. The van der Waals surface area contributed by atoms with Crippen LogP contribution < -0.4 is 0 Å². The molecular formula is C16H18N2O8S4. The second-order valence-corrected chi connectivity index (χ2v) is 11.7. The fourth-order valence-corrected chi connectivity index (χ4v) is 8.37. The largest absolute Gasteiger partial charge is 0.465 e. The summed E-state index contributed by atoms with van der Waals surface area (Å²) in [7, 11) is -5.68. The van der Waals surface area contributed by atoms with Crippen LogP contribution >= 0.6 is 22.7 Å². The molecule has 1 saturated heterocycles. The topological polar surface area (TPSA) is 127 Å². The van der Waals surface area contributed by atoms with Crippen LogP contribution in [0.1, 0.15) is 19.3 Å². The standard InChI is InChI=1S/C16H18N2O8S4/c1-25-15(19)13-11(3-9-27-13)29(21,22)17-5-7-18(8-6-17)30(23,24)12-4-10-28-14(12)16(20)26-2/h3-4,9-10H,5-8H2,1-2H3. The van der Waals surface area contributed by atoms with Crippen molar-refractivity contribution in [1.29, 1.82) is 0 Å². The predicted molar refractivity (Wildman–Crippen MR) is 109 cm³/mol. The van der Waals surface area contributed by atoms with Crippen LogP contribution in [-0.2, 0) is 29.5 Å². The average molecular weight is 495 g/mol. The van der Waals surface area contributed by atoms with Gasteiger partial charge in [0.25, 0.3) is 0 Å². The lowest BCUT2D eigenvalue weighted by atomic mass is 10.4. The fourth-order valence-electron chi connectivity index (χ4n) is 2.91. The minimum atomic E-state index is -4.00. The molecule has 1 aliphatic heterocycles. The van der Waals surface area contributed by atoms with Crippen molar-refractivity contribution in [2.45, 2.75) is 9.79 Å². The van der Waals surface area contributed by atoms with E-state index in [9.17, 15) is 26.4 Å². The zero-order valence-corrected chi connectivity index (χ0v) is 19.2. The quantitative estimate of drug-likeness (QED) is 0.546. The van der Waals surface area contributed by atoms with Crippen molar-refractivity contribution < 1.29 is 35.9 Å². The van der Waals surface area contributed by atoms with Crippen LogP contribution in [0.3, 0.4) is 0 Å². The molecule has 0 amide bonds. The molecule has 10 nitrogen and oxygen atoms in total. The van der Waals surface area contributed by atoms with Gasteiger partial charge in [0.15, 0.2) is 0 Å². The maximum Gasteiger partial charge on any atom is 0.349 e. The van der Waals surface area contributed by atoms with E-state index in [1.54, 1.807) is 0 Å². The highest BCUT2D eigenvalue weighted by atomic mass is 32.2. The van der Waals surface area contributed by atoms with Gasteiger partial charge in [-0.2, -0.15) is 8.61 Å². The molecule has 30 heavy (non-hydrogen) atoms. The van der Waals surface area contributed by atoms with E-state index in [4.69, 9.17) is 0 Å². The molecule has 0 bridgehead atoms. The predicted octanol–water partition coefficient (Wildman–Crippen LogP) is 1.08. The van der Waals surface area contributed by atoms with Crippen LogP contribution in [0.5, 0.6) is 0 Å². The van der Waals surface area contributed by atoms with Gasteiger partial charge in [0.05, 0.1) is 14.2 Å². The zero-order valence-electron chi connectivity index (χ0n) is 15.9. The number of carbonyl (C=O) groups is 2. The van der Waals surface area contributed by atoms with E-state index in [2.05, 4.69) is 9.47 Å². The Kier molecular flexibility index (Phi) is 6.64. The minimum absolute atomic E-state index is 0.0338. The van der Waals surface area contributed by atoms with Gasteiger partial charge in [-0.15, -0.1) is 22.7 Å². The molecule has 1 fully saturated rings. The summed E-state index contributed by atoms with van der Waals surface area (Å²) in [6, 6.07) is 2.65. The van der Waals surface area contributed by atoms with Gasteiger partial charge in [0.1, 0.15) is 19.5 Å². The Labute approximate surface area is 181 Å². The molecule has 0 spiro atoms. The molecule has 0 aromatic carbocycles. The molecule has 0 saturated carbocycles. The molecule has 1 aliphatic rings. The first kappa shape index (κ1) is 22.8. The molecule has 0 aliphatic carbocycles. The number of sulfonamides is 2. The van der Waals surface area contributed by atoms with Gasteiger partial charge in [-0.1, -0.05) is 0 Å². The average Bonchev–Trinajstić information content (AvgIpc) is 3.43. The van der Waals surface area contributed by atoms with Gasteiger partial charge >= 0.3 is 11.9 Å². The third-order valence-electron chi connectivity index (χ3n) is 4.43. The Morgan fingerprint density at radius 2 is 1.10 bits per heavy atom. The van der Waals surface area contributed by atoms with Gasteiger partial charge in [0, 0.05) is 26.2 Å². The molecule has 14 heteroatoms.